The molecule has 2 amide bonds. The van der Waals surface area contributed by atoms with Crippen molar-refractivity contribution in [3.8, 4) is 11.3 Å². The van der Waals surface area contributed by atoms with Crippen molar-refractivity contribution in [2.75, 3.05) is 41.8 Å². The first-order valence-corrected chi connectivity index (χ1v) is 9.91. The number of carbonyl (C=O) groups is 1. The van der Waals surface area contributed by atoms with Gasteiger partial charge in [-0.15, -0.1) is 10.2 Å². The van der Waals surface area contributed by atoms with E-state index in [4.69, 9.17) is 4.74 Å². The minimum absolute atomic E-state index is 0.321. The summed E-state index contributed by atoms with van der Waals surface area (Å²) in [6, 6.07) is 14.5. The summed E-state index contributed by atoms with van der Waals surface area (Å²) in [6.45, 7) is 2.79. The molecule has 1 aliphatic heterocycles. The van der Waals surface area contributed by atoms with Gasteiger partial charge in [0, 0.05) is 24.3 Å². The highest BCUT2D eigenvalue weighted by molar-refractivity contribution is 6.00. The molecule has 0 saturated carbocycles. The van der Waals surface area contributed by atoms with Gasteiger partial charge in [0.2, 0.25) is 0 Å². The number of hydrogen-bond acceptors (Lipinski definition) is 5. The van der Waals surface area contributed by atoms with Gasteiger partial charge in [0.15, 0.2) is 5.82 Å². The molecule has 1 aliphatic rings. The number of ether oxygens (including phenoxy) is 1. The number of benzene rings is 2. The summed E-state index contributed by atoms with van der Waals surface area (Å²) < 4.78 is 44.7. The second kappa shape index (κ2) is 9.23. The average Bonchev–Trinajstić information content (AvgIpc) is 2.79. The van der Waals surface area contributed by atoms with E-state index in [1.807, 2.05) is 12.1 Å². The molecule has 10 heteroatoms. The highest BCUT2D eigenvalue weighted by Gasteiger charge is 2.33. The number of rotatable bonds is 4. The van der Waals surface area contributed by atoms with Crippen LogP contribution in [0.5, 0.6) is 0 Å². The zero-order chi connectivity index (χ0) is 22.6. The van der Waals surface area contributed by atoms with E-state index in [-0.39, 0.29) is 5.69 Å². The summed E-state index contributed by atoms with van der Waals surface area (Å²) >= 11 is 0. The van der Waals surface area contributed by atoms with Gasteiger partial charge in [0.25, 0.3) is 0 Å². The normalized spacial score (nSPS) is 14.2. The molecule has 32 heavy (non-hydrogen) atoms. The number of aromatic nitrogens is 2. The lowest BCUT2D eigenvalue weighted by atomic mass is 10.1. The molecule has 0 unspecified atom stereocenters. The molecule has 0 bridgehead atoms. The van der Waals surface area contributed by atoms with Crippen LogP contribution in [0.25, 0.3) is 11.3 Å². The number of nitrogens with zero attached hydrogens (tertiary/aromatic N) is 3. The lowest BCUT2D eigenvalue weighted by molar-refractivity contribution is -0.136. The fraction of sp³-hybridized carbons (Fsp3) is 0.227. The first-order chi connectivity index (χ1) is 15.4. The Bertz CT molecular complexity index is 1080. The van der Waals surface area contributed by atoms with Gasteiger partial charge in [-0.3, -0.25) is 0 Å². The molecular weight excluding hydrogens is 423 g/mol. The molecule has 1 fully saturated rings. The number of urea groups is 1. The van der Waals surface area contributed by atoms with Gasteiger partial charge in [-0.2, -0.15) is 13.2 Å². The Kier molecular flexibility index (Phi) is 6.22. The lowest BCUT2D eigenvalue weighted by Crippen LogP contribution is -2.36. The SMILES string of the molecule is O=C(Nc1cccc(-c2ccc(N3CCOCC3)nn2)c1)Nc1ccccc1C(F)(F)F. The molecule has 7 nitrogen and oxygen atoms in total. The number of alkyl halides is 3. The van der Waals surface area contributed by atoms with Crippen molar-refractivity contribution in [1.82, 2.24) is 10.2 Å². The van der Waals surface area contributed by atoms with E-state index in [9.17, 15) is 18.0 Å². The maximum atomic E-state index is 13.1. The predicted molar refractivity (Wildman–Crippen MR) is 115 cm³/mol. The number of amides is 2. The molecule has 2 heterocycles. The van der Waals surface area contributed by atoms with Gasteiger partial charge in [-0.1, -0.05) is 24.3 Å². The standard InChI is InChI=1S/C22H20F3N5O2/c23-22(24,25)17-6-1-2-7-19(17)27-21(31)26-16-5-3-4-15(14-16)18-8-9-20(29-28-18)30-10-12-32-13-11-30/h1-9,14H,10-13H2,(H2,26,27,31). The number of nitrogens with one attached hydrogen (secondary N) is 2. The maximum absolute atomic E-state index is 13.1. The first-order valence-electron chi connectivity index (χ1n) is 9.91. The van der Waals surface area contributed by atoms with Crippen LogP contribution in [0.3, 0.4) is 0 Å². The number of anilines is 3. The third-order valence-electron chi connectivity index (χ3n) is 4.88. The average molecular weight is 443 g/mol. The van der Waals surface area contributed by atoms with E-state index in [0.717, 1.165) is 25.0 Å². The van der Waals surface area contributed by atoms with Crippen molar-refractivity contribution < 1.29 is 22.7 Å². The van der Waals surface area contributed by atoms with E-state index in [1.165, 1.54) is 18.2 Å². The second-order valence-corrected chi connectivity index (χ2v) is 7.08. The van der Waals surface area contributed by atoms with E-state index in [0.29, 0.717) is 30.2 Å². The molecular formula is C22H20F3N5O2. The molecule has 4 rings (SSSR count). The van der Waals surface area contributed by atoms with E-state index in [2.05, 4.69) is 25.7 Å². The number of halogens is 3. The van der Waals surface area contributed by atoms with Gasteiger partial charge >= 0.3 is 12.2 Å². The van der Waals surface area contributed by atoms with Crippen LogP contribution in [0, 0.1) is 0 Å². The Morgan fingerprint density at radius 2 is 1.72 bits per heavy atom. The molecule has 0 atom stereocenters. The Hall–Kier alpha value is -3.66. The van der Waals surface area contributed by atoms with Gasteiger partial charge in [-0.05, 0) is 36.4 Å². The van der Waals surface area contributed by atoms with Crippen molar-refractivity contribution in [3.63, 3.8) is 0 Å². The molecule has 166 valence electrons. The summed E-state index contributed by atoms with van der Waals surface area (Å²) in [5.41, 5.74) is 0.481. The van der Waals surface area contributed by atoms with Crippen LogP contribution in [0.2, 0.25) is 0 Å². The van der Waals surface area contributed by atoms with E-state index >= 15 is 0 Å². The second-order valence-electron chi connectivity index (χ2n) is 7.08. The highest BCUT2D eigenvalue weighted by atomic mass is 19.4. The lowest BCUT2D eigenvalue weighted by Gasteiger charge is -2.27. The van der Waals surface area contributed by atoms with E-state index in [1.54, 1.807) is 24.3 Å². The minimum atomic E-state index is -4.57. The van der Waals surface area contributed by atoms with Crippen molar-refractivity contribution in [1.29, 1.82) is 0 Å². The summed E-state index contributed by atoms with van der Waals surface area (Å²) in [7, 11) is 0. The third-order valence-corrected chi connectivity index (χ3v) is 4.88. The molecule has 3 aromatic rings. The largest absolute Gasteiger partial charge is 0.418 e. The zero-order valence-electron chi connectivity index (χ0n) is 16.9. The Morgan fingerprint density at radius 1 is 0.938 bits per heavy atom. The minimum Gasteiger partial charge on any atom is -0.378 e. The van der Waals surface area contributed by atoms with Crippen LogP contribution in [-0.4, -0.2) is 42.5 Å². The Balaban J connectivity index is 1.45. The van der Waals surface area contributed by atoms with Gasteiger partial charge in [-0.25, -0.2) is 4.79 Å². The van der Waals surface area contributed by atoms with Crippen LogP contribution in [-0.2, 0) is 10.9 Å². The summed E-state index contributed by atoms with van der Waals surface area (Å²) in [5.74, 6) is 0.758. The number of morpholine rings is 1. The monoisotopic (exact) mass is 443 g/mol. The van der Waals surface area contributed by atoms with Gasteiger partial charge in [0.05, 0.1) is 30.2 Å². The van der Waals surface area contributed by atoms with Crippen LogP contribution in [0.1, 0.15) is 5.56 Å². The van der Waals surface area contributed by atoms with Crippen LogP contribution < -0.4 is 15.5 Å². The van der Waals surface area contributed by atoms with Crippen LogP contribution in [0.15, 0.2) is 60.7 Å². The molecule has 2 N–H and O–H groups in total. The Labute approximate surface area is 182 Å². The quantitative estimate of drug-likeness (QED) is 0.614. The first kappa shape index (κ1) is 21.6. The van der Waals surface area contributed by atoms with Crippen molar-refractivity contribution >= 4 is 23.2 Å². The van der Waals surface area contributed by atoms with Crippen LogP contribution >= 0.6 is 0 Å². The predicted octanol–water partition coefficient (Wildman–Crippen LogP) is 4.64. The fourth-order valence-electron chi connectivity index (χ4n) is 3.32. The van der Waals surface area contributed by atoms with Crippen molar-refractivity contribution in [3.05, 3.63) is 66.2 Å². The maximum Gasteiger partial charge on any atom is 0.418 e. The fourth-order valence-corrected chi connectivity index (χ4v) is 3.32. The van der Waals surface area contributed by atoms with Crippen molar-refractivity contribution in [2.24, 2.45) is 0 Å². The molecule has 1 aromatic heterocycles. The molecule has 0 radical (unpaired) electrons. The molecule has 1 saturated heterocycles. The summed E-state index contributed by atoms with van der Waals surface area (Å²) in [6.07, 6.45) is -4.57. The van der Waals surface area contributed by atoms with E-state index < -0.39 is 17.8 Å². The summed E-state index contributed by atoms with van der Waals surface area (Å²) in [4.78, 5) is 14.4. The third kappa shape index (κ3) is 5.14. The molecule has 0 aliphatic carbocycles. The van der Waals surface area contributed by atoms with Gasteiger partial charge < -0.3 is 20.3 Å². The topological polar surface area (TPSA) is 79.4 Å². The number of carbonyl (C=O) groups excluding carboxylic acids is 1. The summed E-state index contributed by atoms with van der Waals surface area (Å²) in [5, 5.41) is 13.3. The Morgan fingerprint density at radius 3 is 2.44 bits per heavy atom. The zero-order valence-corrected chi connectivity index (χ0v) is 16.9. The number of para-hydroxylation sites is 1. The van der Waals surface area contributed by atoms with Crippen molar-refractivity contribution in [2.45, 2.75) is 6.18 Å². The molecule has 0 spiro atoms. The highest BCUT2D eigenvalue weighted by Crippen LogP contribution is 2.34. The van der Waals surface area contributed by atoms with Crippen LogP contribution in [0.4, 0.5) is 35.2 Å². The number of hydrogen-bond donors (Lipinski definition) is 2. The smallest absolute Gasteiger partial charge is 0.378 e. The van der Waals surface area contributed by atoms with Gasteiger partial charge in [0.1, 0.15) is 0 Å². The molecule has 2 aromatic carbocycles.